The number of hydrogen-bond donors (Lipinski definition) is 1. The highest BCUT2D eigenvalue weighted by molar-refractivity contribution is 5.82. The average Bonchev–Trinajstić information content (AvgIpc) is 3.65. The van der Waals surface area contributed by atoms with E-state index in [1.165, 1.54) is 12.1 Å². The summed E-state index contributed by atoms with van der Waals surface area (Å²) < 4.78 is 7.88. The molecule has 6 rings (SSSR count). The number of non-ortho nitro benzene ring substituents is 1. The van der Waals surface area contributed by atoms with Gasteiger partial charge in [0, 0.05) is 23.3 Å². The monoisotopic (exact) mass is 528 g/mol. The van der Waals surface area contributed by atoms with Gasteiger partial charge in [-0.2, -0.15) is 0 Å². The fourth-order valence-corrected chi connectivity index (χ4v) is 4.47. The van der Waals surface area contributed by atoms with Crippen LogP contribution in [0.3, 0.4) is 0 Å². The van der Waals surface area contributed by atoms with Crippen molar-refractivity contribution in [2.45, 2.75) is 13.2 Å². The second-order valence-corrected chi connectivity index (χ2v) is 9.16. The molecule has 0 saturated heterocycles. The van der Waals surface area contributed by atoms with Gasteiger partial charge in [-0.1, -0.05) is 96.2 Å². The van der Waals surface area contributed by atoms with Crippen LogP contribution >= 0.6 is 0 Å². The first kappa shape index (κ1) is 24.7. The van der Waals surface area contributed by atoms with E-state index in [4.69, 9.17) is 9.72 Å². The fraction of sp³-hybridized carbons (Fsp3) is 0.0645. The smallest absolute Gasteiger partial charge is 0.270 e. The molecule has 2 heterocycles. The van der Waals surface area contributed by atoms with E-state index in [0.717, 1.165) is 28.1 Å². The number of nitrogens with one attached hydrogen (secondary N) is 1. The van der Waals surface area contributed by atoms with Crippen molar-refractivity contribution in [1.82, 2.24) is 25.0 Å². The lowest BCUT2D eigenvalue weighted by molar-refractivity contribution is -0.384. The quantitative estimate of drug-likeness (QED) is 0.168. The molecule has 40 heavy (non-hydrogen) atoms. The third kappa shape index (κ3) is 5.34. The van der Waals surface area contributed by atoms with Crippen LogP contribution in [-0.2, 0) is 13.2 Å². The lowest BCUT2D eigenvalue weighted by atomic mass is 10.1. The van der Waals surface area contributed by atoms with Crippen molar-refractivity contribution in [3.05, 3.63) is 137 Å². The molecule has 0 atom stereocenters. The zero-order valence-electron chi connectivity index (χ0n) is 21.3. The van der Waals surface area contributed by atoms with Gasteiger partial charge >= 0.3 is 0 Å². The number of hydrogen-bond acceptors (Lipinski definition) is 6. The van der Waals surface area contributed by atoms with Crippen LogP contribution in [0.5, 0.6) is 5.75 Å². The Balaban J connectivity index is 1.34. The molecule has 0 aliphatic carbocycles. The Labute approximate surface area is 229 Å². The third-order valence-corrected chi connectivity index (χ3v) is 6.39. The third-order valence-electron chi connectivity index (χ3n) is 6.39. The van der Waals surface area contributed by atoms with Crippen molar-refractivity contribution < 1.29 is 9.66 Å². The number of imidazole rings is 1. The molecule has 0 spiro atoms. The number of aromatic amines is 1. The number of nitrogens with zero attached hydrogens (tertiary/aromatic N) is 5. The molecule has 0 aliphatic rings. The molecule has 0 radical (unpaired) electrons. The minimum atomic E-state index is -0.429. The zero-order chi connectivity index (χ0) is 27.3. The maximum absolute atomic E-state index is 11.7. The molecule has 0 saturated carbocycles. The maximum Gasteiger partial charge on any atom is 0.270 e. The molecule has 196 valence electrons. The molecule has 1 N–H and O–H groups in total. The van der Waals surface area contributed by atoms with Gasteiger partial charge in [0.25, 0.3) is 5.69 Å². The van der Waals surface area contributed by atoms with Crippen LogP contribution in [-0.4, -0.2) is 29.9 Å². The van der Waals surface area contributed by atoms with Crippen LogP contribution in [0, 0.1) is 10.1 Å². The highest BCUT2D eigenvalue weighted by Gasteiger charge is 2.20. The number of nitro benzene ring substituents is 1. The van der Waals surface area contributed by atoms with E-state index in [9.17, 15) is 10.1 Å². The summed E-state index contributed by atoms with van der Waals surface area (Å²) in [5, 5.41) is 20.1. The second kappa shape index (κ2) is 11.0. The van der Waals surface area contributed by atoms with Crippen LogP contribution in [0.1, 0.15) is 11.3 Å². The highest BCUT2D eigenvalue weighted by Crippen LogP contribution is 2.37. The standard InChI is InChI=1S/C31H24N6O3/c38-37(39)26-16-17-28(40-21-25-20-36(35-34-25)19-22-10-4-1-5-11-22)27(18-26)31-32-29(23-12-6-2-7-13-23)30(33-31)24-14-8-3-9-15-24/h1-18,20H,19,21H2,(H,32,33). The lowest BCUT2D eigenvalue weighted by Crippen LogP contribution is -2.00. The lowest BCUT2D eigenvalue weighted by Gasteiger charge is -2.09. The molecular weight excluding hydrogens is 504 g/mol. The normalized spacial score (nSPS) is 10.9. The minimum Gasteiger partial charge on any atom is -0.486 e. The number of nitro groups is 1. The molecule has 0 aliphatic heterocycles. The first-order chi connectivity index (χ1) is 19.6. The summed E-state index contributed by atoms with van der Waals surface area (Å²) in [6.45, 7) is 0.727. The Morgan fingerprint density at radius 1 is 0.850 bits per heavy atom. The maximum atomic E-state index is 11.7. The van der Waals surface area contributed by atoms with E-state index in [0.29, 0.717) is 29.4 Å². The molecule has 4 aromatic carbocycles. The molecule has 0 bridgehead atoms. The number of ether oxygens (including phenoxy) is 1. The van der Waals surface area contributed by atoms with Gasteiger partial charge in [0.2, 0.25) is 0 Å². The Morgan fingerprint density at radius 3 is 2.23 bits per heavy atom. The van der Waals surface area contributed by atoms with Crippen LogP contribution in [0.2, 0.25) is 0 Å². The van der Waals surface area contributed by atoms with E-state index in [1.807, 2.05) is 97.2 Å². The molecule has 0 unspecified atom stereocenters. The predicted octanol–water partition coefficient (Wildman–Crippen LogP) is 6.54. The van der Waals surface area contributed by atoms with E-state index >= 15 is 0 Å². The summed E-state index contributed by atoms with van der Waals surface area (Å²) in [5.74, 6) is 0.903. The van der Waals surface area contributed by atoms with E-state index in [-0.39, 0.29) is 12.3 Å². The summed E-state index contributed by atoms with van der Waals surface area (Å²) in [7, 11) is 0. The molecule has 2 aromatic heterocycles. The summed E-state index contributed by atoms with van der Waals surface area (Å²) in [4.78, 5) is 19.5. The zero-order valence-corrected chi connectivity index (χ0v) is 21.3. The SMILES string of the molecule is O=[N+]([O-])c1ccc(OCc2cn(Cc3ccccc3)nn2)c(-c2nc(-c3ccccc3)c(-c3ccccc3)[nH]2)c1. The molecule has 0 amide bonds. The first-order valence-corrected chi connectivity index (χ1v) is 12.7. The van der Waals surface area contributed by atoms with Gasteiger partial charge in [-0.3, -0.25) is 10.1 Å². The predicted molar refractivity (Wildman–Crippen MR) is 151 cm³/mol. The van der Waals surface area contributed by atoms with Crippen LogP contribution in [0.4, 0.5) is 5.69 Å². The molecule has 9 nitrogen and oxygen atoms in total. The van der Waals surface area contributed by atoms with Gasteiger partial charge in [-0.15, -0.1) is 5.10 Å². The second-order valence-electron chi connectivity index (χ2n) is 9.16. The van der Waals surface area contributed by atoms with Gasteiger partial charge in [0.1, 0.15) is 23.9 Å². The number of aromatic nitrogens is 5. The van der Waals surface area contributed by atoms with Gasteiger partial charge < -0.3 is 9.72 Å². The average molecular weight is 529 g/mol. The number of benzene rings is 4. The van der Waals surface area contributed by atoms with E-state index < -0.39 is 4.92 Å². The molecular formula is C31H24N6O3. The topological polar surface area (TPSA) is 112 Å². The molecule has 6 aromatic rings. The summed E-state index contributed by atoms with van der Waals surface area (Å²) >= 11 is 0. The largest absolute Gasteiger partial charge is 0.486 e. The van der Waals surface area contributed by atoms with E-state index in [2.05, 4.69) is 15.3 Å². The van der Waals surface area contributed by atoms with Crippen molar-refractivity contribution in [3.63, 3.8) is 0 Å². The van der Waals surface area contributed by atoms with Crippen molar-refractivity contribution in [3.8, 4) is 39.7 Å². The van der Waals surface area contributed by atoms with Gasteiger partial charge in [-0.25, -0.2) is 9.67 Å². The Bertz CT molecular complexity index is 1690. The first-order valence-electron chi connectivity index (χ1n) is 12.7. The minimum absolute atomic E-state index is 0.0601. The number of rotatable bonds is 9. The fourth-order valence-electron chi connectivity index (χ4n) is 4.47. The van der Waals surface area contributed by atoms with Crippen LogP contribution < -0.4 is 4.74 Å². The van der Waals surface area contributed by atoms with Crippen LogP contribution in [0.15, 0.2) is 115 Å². The van der Waals surface area contributed by atoms with Gasteiger partial charge in [-0.05, 0) is 11.6 Å². The van der Waals surface area contributed by atoms with Crippen molar-refractivity contribution in [2.24, 2.45) is 0 Å². The van der Waals surface area contributed by atoms with Gasteiger partial charge in [0.05, 0.1) is 34.6 Å². The Morgan fingerprint density at radius 2 is 1.52 bits per heavy atom. The highest BCUT2D eigenvalue weighted by atomic mass is 16.6. The van der Waals surface area contributed by atoms with Crippen molar-refractivity contribution >= 4 is 5.69 Å². The van der Waals surface area contributed by atoms with Crippen molar-refractivity contribution in [2.75, 3.05) is 0 Å². The number of H-pyrrole nitrogens is 1. The Kier molecular flexibility index (Phi) is 6.83. The molecule has 0 fully saturated rings. The van der Waals surface area contributed by atoms with Crippen molar-refractivity contribution in [1.29, 1.82) is 0 Å². The van der Waals surface area contributed by atoms with Crippen LogP contribution in [0.25, 0.3) is 33.9 Å². The summed E-state index contributed by atoms with van der Waals surface area (Å²) in [6.07, 6.45) is 1.83. The van der Waals surface area contributed by atoms with E-state index in [1.54, 1.807) is 10.7 Å². The summed E-state index contributed by atoms with van der Waals surface area (Å²) in [5.41, 5.74) is 5.58. The Hall–Kier alpha value is -5.57. The van der Waals surface area contributed by atoms with Gasteiger partial charge in [0.15, 0.2) is 0 Å². The summed E-state index contributed by atoms with van der Waals surface area (Å²) in [6, 6.07) is 34.1. The molecule has 9 heteroatoms.